The van der Waals surface area contributed by atoms with Gasteiger partial charge in [0.1, 0.15) is 11.8 Å². The minimum absolute atomic E-state index is 0.0396. The minimum atomic E-state index is -0.187. The van der Waals surface area contributed by atoms with Crippen LogP contribution in [0.15, 0.2) is 47.5 Å². The fourth-order valence-electron chi connectivity index (χ4n) is 13.5. The highest BCUT2D eigenvalue weighted by molar-refractivity contribution is 8.00. The molecule has 73 heavy (non-hydrogen) atoms. The molecule has 0 radical (unpaired) electrons. The Bertz CT molecular complexity index is 2210. The summed E-state index contributed by atoms with van der Waals surface area (Å²) in [6.07, 6.45) is 21.8. The molecule has 0 aromatic heterocycles. The molecule has 2 saturated carbocycles. The number of ether oxygens (including phenoxy) is 2. The summed E-state index contributed by atoms with van der Waals surface area (Å²) in [6.45, 7) is 13.5. The highest BCUT2D eigenvalue weighted by Gasteiger charge is 2.53. The molecule has 1 spiro atoms. The molecule has 5 N–H and O–H groups in total. The van der Waals surface area contributed by atoms with Gasteiger partial charge in [0, 0.05) is 67.7 Å². The van der Waals surface area contributed by atoms with Gasteiger partial charge in [-0.2, -0.15) is 5.26 Å². The van der Waals surface area contributed by atoms with Gasteiger partial charge in [0.25, 0.3) is 0 Å². The third kappa shape index (κ3) is 13.7. The number of nitrogens with one attached hydrogen (secondary N) is 5. The van der Waals surface area contributed by atoms with Crippen LogP contribution < -0.4 is 31.5 Å². The van der Waals surface area contributed by atoms with E-state index in [1.807, 2.05) is 13.0 Å². The highest BCUT2D eigenvalue weighted by atomic mass is 35.5. The van der Waals surface area contributed by atoms with Crippen molar-refractivity contribution in [3.8, 4) is 11.8 Å². The monoisotopic (exact) mass is 1040 g/mol. The first-order valence-electron chi connectivity index (χ1n) is 28.6. The molecule has 5 aliphatic heterocycles. The average molecular weight is 1040 g/mol. The lowest BCUT2D eigenvalue weighted by Gasteiger charge is -2.42. The standard InChI is InChI=1S/C58H86ClN9O4S/c1-5-61-52(69)35-50-55-66-65-40(4)68(55)57-53(38(2)39(3)73-57)54(64-50)42-15-13-41(14-16-42)12-8-6-11-33-71-46-26-31-67(32-27-46)51-24-18-43(25-30-58(37-62-51)28-9-7-10-29-58)56(70)63-45-19-22-47(23-20-45)72-48-21-17-44(36-60)49(59)34-48/h13-17,21,34,38-40,43,45-47,50-51,53,55,57,62,65-66H,5-12,18-20,22-33,35,37H2,1-4H3,(H,61,69)(H,63,70)/t38?,39?,40?,43?,45?,47?,50-,51?,53?,55?,57?/m0/s1. The molecule has 8 unspecified atom stereocenters. The van der Waals surface area contributed by atoms with Crippen LogP contribution in [0, 0.1) is 34.5 Å². The van der Waals surface area contributed by atoms with E-state index < -0.39 is 0 Å². The van der Waals surface area contributed by atoms with Gasteiger partial charge < -0.3 is 25.4 Å². The van der Waals surface area contributed by atoms with Gasteiger partial charge in [0.2, 0.25) is 11.8 Å². The van der Waals surface area contributed by atoms with Crippen LogP contribution in [0.3, 0.4) is 0 Å². The van der Waals surface area contributed by atoms with Crippen molar-refractivity contribution in [3.63, 3.8) is 0 Å². The van der Waals surface area contributed by atoms with Crippen LogP contribution in [-0.2, 0) is 20.7 Å². The van der Waals surface area contributed by atoms with E-state index in [-0.39, 0.29) is 59.5 Å². The summed E-state index contributed by atoms with van der Waals surface area (Å²) in [6, 6.07) is 16.6. The van der Waals surface area contributed by atoms with Crippen molar-refractivity contribution in [2.45, 2.75) is 210 Å². The molecule has 4 saturated heterocycles. The summed E-state index contributed by atoms with van der Waals surface area (Å²) >= 11 is 8.32. The van der Waals surface area contributed by atoms with Crippen molar-refractivity contribution in [1.82, 2.24) is 36.6 Å². The number of carbonyl (C=O) groups excluding carboxylic acids is 2. The number of hydrogen-bond acceptors (Lipinski definition) is 12. The van der Waals surface area contributed by atoms with Gasteiger partial charge in [0.15, 0.2) is 0 Å². The Hall–Kier alpha value is -3.26. The van der Waals surface area contributed by atoms with Crippen molar-refractivity contribution in [3.05, 3.63) is 64.2 Å². The quantitative estimate of drug-likeness (QED) is 0.102. The lowest BCUT2D eigenvalue weighted by atomic mass is 9.70. The second-order valence-electron chi connectivity index (χ2n) is 23.0. The predicted octanol–water partition coefficient (Wildman–Crippen LogP) is 9.46. The number of benzene rings is 2. The van der Waals surface area contributed by atoms with Crippen molar-refractivity contribution in [1.29, 1.82) is 5.26 Å². The Morgan fingerprint density at radius 2 is 1.68 bits per heavy atom. The second kappa shape index (κ2) is 25.7. The summed E-state index contributed by atoms with van der Waals surface area (Å²) in [5, 5.41) is 21.1. The summed E-state index contributed by atoms with van der Waals surface area (Å²) in [7, 11) is 0. The van der Waals surface area contributed by atoms with E-state index in [0.717, 1.165) is 122 Å². The maximum atomic E-state index is 14.1. The molecule has 9 atom stereocenters. The largest absolute Gasteiger partial charge is 0.490 e. The zero-order valence-corrected chi connectivity index (χ0v) is 45.9. The van der Waals surface area contributed by atoms with Crippen LogP contribution in [0.4, 0.5) is 0 Å². The molecule has 0 bridgehead atoms. The number of hydrogen-bond donors (Lipinski definition) is 5. The molecule has 6 fully saturated rings. The predicted molar refractivity (Wildman–Crippen MR) is 293 cm³/mol. The number of unbranched alkanes of at least 4 members (excludes halogenated alkanes) is 2. The number of amides is 2. The molecule has 5 heterocycles. The highest BCUT2D eigenvalue weighted by Crippen LogP contribution is 2.49. The molecule has 13 nitrogen and oxygen atoms in total. The van der Waals surface area contributed by atoms with Crippen LogP contribution in [0.25, 0.3) is 0 Å². The lowest BCUT2D eigenvalue weighted by Crippen LogP contribution is -2.52. The SMILES string of the molecule is CCNC(=O)C[C@@H]1N=C(c2ccc(CCCCCOC3CCN(C4CCC(C(=O)NC5CCC(Oc6ccc(C#N)c(Cl)c6)CC5)CCC5(CCCCC5)CN4)CC3)cc2)C2C(C)C(C)SC2N2C(C)NNC12. The second-order valence-corrected chi connectivity index (χ2v) is 24.9. The van der Waals surface area contributed by atoms with Crippen LogP contribution in [0.2, 0.25) is 5.02 Å². The Morgan fingerprint density at radius 1 is 0.904 bits per heavy atom. The number of aryl methyl sites for hydroxylation is 1. The number of fused-ring (bicyclic) bond motifs is 3. The molecule has 2 aliphatic carbocycles. The fraction of sp³-hybridized carbons (Fsp3) is 0.724. The van der Waals surface area contributed by atoms with Crippen molar-refractivity contribution in [2.75, 3.05) is 32.8 Å². The number of halogens is 1. The normalized spacial score (nSPS) is 32.2. The Morgan fingerprint density at radius 3 is 2.42 bits per heavy atom. The zero-order valence-electron chi connectivity index (χ0n) is 44.4. The van der Waals surface area contributed by atoms with E-state index in [2.05, 4.69) is 99.5 Å². The third-order valence-electron chi connectivity index (χ3n) is 18.0. The summed E-state index contributed by atoms with van der Waals surface area (Å²) in [5.74, 6) is 1.79. The van der Waals surface area contributed by atoms with E-state index in [0.29, 0.717) is 58.2 Å². The van der Waals surface area contributed by atoms with Gasteiger partial charge in [-0.25, -0.2) is 10.9 Å². The maximum Gasteiger partial charge on any atom is 0.223 e. The van der Waals surface area contributed by atoms with E-state index in [9.17, 15) is 14.9 Å². The van der Waals surface area contributed by atoms with Gasteiger partial charge in [-0.15, -0.1) is 11.8 Å². The van der Waals surface area contributed by atoms with E-state index in [1.54, 1.807) is 12.1 Å². The first-order valence-corrected chi connectivity index (χ1v) is 29.9. The topological polar surface area (TPSA) is 155 Å². The third-order valence-corrected chi connectivity index (χ3v) is 20.0. The number of nitrogens with zero attached hydrogens (tertiary/aromatic N) is 4. The number of nitriles is 1. The maximum absolute atomic E-state index is 14.1. The minimum Gasteiger partial charge on any atom is -0.490 e. The molecule has 15 heteroatoms. The molecule has 2 aromatic rings. The molecular weight excluding hydrogens is 954 g/mol. The van der Waals surface area contributed by atoms with Gasteiger partial charge >= 0.3 is 0 Å². The average Bonchev–Trinajstić information content (AvgIpc) is 3.90. The van der Waals surface area contributed by atoms with Crippen molar-refractivity contribution < 1.29 is 19.1 Å². The van der Waals surface area contributed by atoms with Crippen LogP contribution in [-0.4, -0.2) is 114 Å². The molecule has 2 aromatic carbocycles. The summed E-state index contributed by atoms with van der Waals surface area (Å²) in [5.41, 5.74) is 11.4. The van der Waals surface area contributed by atoms with Crippen LogP contribution in [0.1, 0.15) is 166 Å². The summed E-state index contributed by atoms with van der Waals surface area (Å²) < 4.78 is 12.8. The van der Waals surface area contributed by atoms with Crippen molar-refractivity contribution >= 4 is 40.9 Å². The Labute approximate surface area is 446 Å². The summed E-state index contributed by atoms with van der Waals surface area (Å²) in [4.78, 5) is 37.8. The smallest absolute Gasteiger partial charge is 0.223 e. The first-order chi connectivity index (χ1) is 35.5. The molecule has 2 amide bonds. The number of hydrazine groups is 1. The molecule has 7 aliphatic rings. The van der Waals surface area contributed by atoms with E-state index in [1.165, 1.54) is 43.2 Å². The van der Waals surface area contributed by atoms with E-state index in [4.69, 9.17) is 26.1 Å². The van der Waals surface area contributed by atoms with Crippen molar-refractivity contribution in [2.24, 2.45) is 28.2 Å². The number of piperidine rings is 1. The number of thioether (sulfide) groups is 1. The lowest BCUT2D eigenvalue weighted by molar-refractivity contribution is -0.127. The molecule has 9 rings (SSSR count). The number of rotatable bonds is 16. The van der Waals surface area contributed by atoms with Gasteiger partial charge in [-0.05, 0) is 145 Å². The Balaban J connectivity index is 0.713. The molecular formula is C58H86ClN9O4S. The fourth-order valence-corrected chi connectivity index (χ4v) is 15.5. The first kappa shape index (κ1) is 54.5. The van der Waals surface area contributed by atoms with Gasteiger partial charge in [0.05, 0.1) is 59.1 Å². The Kier molecular flexibility index (Phi) is 19.2. The number of aliphatic imine (C=N–C) groups is 1. The van der Waals surface area contributed by atoms with E-state index >= 15 is 0 Å². The molecule has 400 valence electrons. The number of likely N-dealkylation sites (tertiary alicyclic amines) is 1. The number of carbonyl (C=O) groups is 2. The van der Waals surface area contributed by atoms with Crippen LogP contribution >= 0.6 is 23.4 Å². The van der Waals surface area contributed by atoms with Gasteiger partial charge in [-0.1, -0.05) is 75.4 Å². The zero-order chi connectivity index (χ0) is 50.9. The van der Waals surface area contributed by atoms with Crippen LogP contribution in [0.5, 0.6) is 5.75 Å². The van der Waals surface area contributed by atoms with Gasteiger partial charge in [-0.3, -0.25) is 24.4 Å².